The second kappa shape index (κ2) is 6.01. The number of methoxy groups -OCH3 is 1. The molecule has 6 heteroatoms. The zero-order valence-electron chi connectivity index (χ0n) is 11.2. The van der Waals surface area contributed by atoms with Crippen LogP contribution in [-0.4, -0.2) is 24.0 Å². The monoisotopic (exact) mass is 274 g/mol. The Hall–Kier alpha value is -2.63. The lowest BCUT2D eigenvalue weighted by atomic mass is 10.2. The molecule has 0 aliphatic carbocycles. The molecule has 1 amide bonds. The van der Waals surface area contributed by atoms with Crippen LogP contribution in [0.25, 0.3) is 0 Å². The standard InChI is InChI=1S/C14H14N2O4/c1-9-11(6-7-20-9)14(18)16-12-5-3-4-10(15-12)8-13(17)19-2/h3-7H,8H2,1-2H3,(H,15,16,18). The van der Waals surface area contributed by atoms with Gasteiger partial charge in [-0.15, -0.1) is 0 Å². The highest BCUT2D eigenvalue weighted by molar-refractivity contribution is 6.04. The molecule has 0 fully saturated rings. The summed E-state index contributed by atoms with van der Waals surface area (Å²) in [6.45, 7) is 1.70. The molecule has 0 atom stereocenters. The fourth-order valence-electron chi connectivity index (χ4n) is 1.67. The van der Waals surface area contributed by atoms with Gasteiger partial charge in [0.15, 0.2) is 0 Å². The van der Waals surface area contributed by atoms with Crippen LogP contribution in [0.1, 0.15) is 21.8 Å². The number of anilines is 1. The highest BCUT2D eigenvalue weighted by atomic mass is 16.5. The van der Waals surface area contributed by atoms with Crippen molar-refractivity contribution in [3.8, 4) is 0 Å². The summed E-state index contributed by atoms with van der Waals surface area (Å²) >= 11 is 0. The average Bonchev–Trinajstić information content (AvgIpc) is 2.85. The molecule has 0 radical (unpaired) electrons. The summed E-state index contributed by atoms with van der Waals surface area (Å²) in [7, 11) is 1.32. The van der Waals surface area contributed by atoms with Crippen LogP contribution in [0.5, 0.6) is 0 Å². The summed E-state index contributed by atoms with van der Waals surface area (Å²) in [5, 5.41) is 2.65. The zero-order valence-corrected chi connectivity index (χ0v) is 11.2. The number of nitrogens with zero attached hydrogens (tertiary/aromatic N) is 1. The number of aromatic nitrogens is 1. The number of ether oxygens (including phenoxy) is 1. The Bertz CT molecular complexity index is 634. The van der Waals surface area contributed by atoms with Crippen LogP contribution < -0.4 is 5.32 Å². The molecule has 0 aromatic carbocycles. The van der Waals surface area contributed by atoms with Gasteiger partial charge in [0.2, 0.25) is 0 Å². The lowest BCUT2D eigenvalue weighted by Gasteiger charge is -2.05. The van der Waals surface area contributed by atoms with E-state index in [4.69, 9.17) is 4.42 Å². The second-order valence-electron chi connectivity index (χ2n) is 4.11. The van der Waals surface area contributed by atoms with Crippen LogP contribution in [0.3, 0.4) is 0 Å². The Morgan fingerprint density at radius 2 is 2.15 bits per heavy atom. The van der Waals surface area contributed by atoms with Crippen molar-refractivity contribution in [3.63, 3.8) is 0 Å². The molecule has 0 bridgehead atoms. The largest absolute Gasteiger partial charge is 0.469 e. The van der Waals surface area contributed by atoms with Crippen molar-refractivity contribution >= 4 is 17.7 Å². The number of nitrogens with one attached hydrogen (secondary N) is 1. The molecule has 2 aromatic rings. The molecule has 0 aliphatic heterocycles. The first kappa shape index (κ1) is 13.8. The second-order valence-corrected chi connectivity index (χ2v) is 4.11. The van der Waals surface area contributed by atoms with Gasteiger partial charge in [0, 0.05) is 0 Å². The fourth-order valence-corrected chi connectivity index (χ4v) is 1.67. The number of pyridine rings is 1. The minimum absolute atomic E-state index is 0.0605. The molecule has 0 saturated heterocycles. The molecule has 1 N–H and O–H groups in total. The van der Waals surface area contributed by atoms with Gasteiger partial charge < -0.3 is 14.5 Å². The van der Waals surface area contributed by atoms with Crippen molar-refractivity contribution in [1.29, 1.82) is 0 Å². The van der Waals surface area contributed by atoms with Gasteiger partial charge >= 0.3 is 5.97 Å². The highest BCUT2D eigenvalue weighted by Crippen LogP contribution is 2.12. The SMILES string of the molecule is COC(=O)Cc1cccc(NC(=O)c2ccoc2C)n1. The van der Waals surface area contributed by atoms with E-state index in [9.17, 15) is 9.59 Å². The predicted octanol–water partition coefficient (Wildman–Crippen LogP) is 1.95. The van der Waals surface area contributed by atoms with Crippen LogP contribution >= 0.6 is 0 Å². The van der Waals surface area contributed by atoms with Gasteiger partial charge in [-0.25, -0.2) is 4.98 Å². The van der Waals surface area contributed by atoms with E-state index in [0.29, 0.717) is 22.8 Å². The Kier molecular flexibility index (Phi) is 4.14. The van der Waals surface area contributed by atoms with Crippen molar-refractivity contribution < 1.29 is 18.7 Å². The number of furan rings is 1. The van der Waals surface area contributed by atoms with Gasteiger partial charge in [-0.05, 0) is 25.1 Å². The number of esters is 1. The van der Waals surface area contributed by atoms with E-state index in [2.05, 4.69) is 15.0 Å². The van der Waals surface area contributed by atoms with Crippen LogP contribution in [-0.2, 0) is 16.0 Å². The Balaban J connectivity index is 2.10. The summed E-state index contributed by atoms with van der Waals surface area (Å²) in [6.07, 6.45) is 1.51. The number of hydrogen-bond acceptors (Lipinski definition) is 5. The van der Waals surface area contributed by atoms with Crippen LogP contribution in [0.15, 0.2) is 34.9 Å². The van der Waals surface area contributed by atoms with E-state index in [0.717, 1.165) is 0 Å². The molecular weight excluding hydrogens is 260 g/mol. The van der Waals surface area contributed by atoms with E-state index in [-0.39, 0.29) is 18.3 Å². The first-order valence-corrected chi connectivity index (χ1v) is 5.98. The van der Waals surface area contributed by atoms with Crippen LogP contribution in [0, 0.1) is 6.92 Å². The summed E-state index contributed by atoms with van der Waals surface area (Å²) in [6, 6.07) is 6.63. The average molecular weight is 274 g/mol. The van der Waals surface area contributed by atoms with Gasteiger partial charge in [-0.1, -0.05) is 6.07 Å². The number of rotatable bonds is 4. The van der Waals surface area contributed by atoms with Crippen molar-refractivity contribution in [1.82, 2.24) is 4.98 Å². The molecule has 104 valence electrons. The maximum Gasteiger partial charge on any atom is 0.311 e. The quantitative estimate of drug-likeness (QED) is 0.862. The lowest BCUT2D eigenvalue weighted by molar-refractivity contribution is -0.139. The third-order valence-electron chi connectivity index (χ3n) is 2.70. The van der Waals surface area contributed by atoms with Crippen molar-refractivity contribution in [3.05, 3.63) is 47.5 Å². The van der Waals surface area contributed by atoms with Crippen molar-refractivity contribution in [2.45, 2.75) is 13.3 Å². The van der Waals surface area contributed by atoms with Gasteiger partial charge in [0.05, 0.1) is 31.1 Å². The zero-order chi connectivity index (χ0) is 14.5. The number of carbonyl (C=O) groups excluding carboxylic acids is 2. The first-order chi connectivity index (χ1) is 9.60. The molecule has 6 nitrogen and oxygen atoms in total. The molecular formula is C14H14N2O4. The molecule has 0 aliphatic rings. The summed E-state index contributed by atoms with van der Waals surface area (Å²) in [4.78, 5) is 27.3. The highest BCUT2D eigenvalue weighted by Gasteiger charge is 2.12. The van der Waals surface area contributed by atoms with Crippen molar-refractivity contribution in [2.24, 2.45) is 0 Å². The normalized spacial score (nSPS) is 10.1. The van der Waals surface area contributed by atoms with E-state index < -0.39 is 0 Å². The van der Waals surface area contributed by atoms with Crippen LogP contribution in [0.4, 0.5) is 5.82 Å². The number of amides is 1. The van der Waals surface area contributed by atoms with Gasteiger partial charge in [0.25, 0.3) is 5.91 Å². The lowest BCUT2D eigenvalue weighted by Crippen LogP contribution is -2.14. The molecule has 2 rings (SSSR count). The third-order valence-corrected chi connectivity index (χ3v) is 2.70. The molecule has 2 heterocycles. The summed E-state index contributed by atoms with van der Waals surface area (Å²) in [5.74, 6) is 0.218. The number of hydrogen-bond donors (Lipinski definition) is 1. The van der Waals surface area contributed by atoms with E-state index in [1.54, 1.807) is 31.2 Å². The number of carbonyl (C=O) groups is 2. The topological polar surface area (TPSA) is 81.4 Å². The molecule has 2 aromatic heterocycles. The van der Waals surface area contributed by atoms with Crippen LogP contribution in [0.2, 0.25) is 0 Å². The smallest absolute Gasteiger partial charge is 0.311 e. The Morgan fingerprint density at radius 3 is 2.80 bits per heavy atom. The van der Waals surface area contributed by atoms with Crippen molar-refractivity contribution in [2.75, 3.05) is 12.4 Å². The maximum absolute atomic E-state index is 12.0. The molecule has 0 unspecified atom stereocenters. The predicted molar refractivity (Wildman–Crippen MR) is 71.4 cm³/mol. The molecule has 0 saturated carbocycles. The van der Waals surface area contributed by atoms with E-state index in [1.165, 1.54) is 13.4 Å². The number of aryl methyl sites for hydroxylation is 1. The van der Waals surface area contributed by atoms with E-state index >= 15 is 0 Å². The Labute approximate surface area is 115 Å². The van der Waals surface area contributed by atoms with E-state index in [1.807, 2.05) is 0 Å². The van der Waals surface area contributed by atoms with Gasteiger partial charge in [-0.2, -0.15) is 0 Å². The summed E-state index contributed by atoms with van der Waals surface area (Å²) in [5.41, 5.74) is 0.976. The van der Waals surface area contributed by atoms with Gasteiger partial charge in [-0.3, -0.25) is 9.59 Å². The minimum Gasteiger partial charge on any atom is -0.469 e. The Morgan fingerprint density at radius 1 is 1.35 bits per heavy atom. The molecule has 20 heavy (non-hydrogen) atoms. The molecule has 0 spiro atoms. The third kappa shape index (κ3) is 3.23. The maximum atomic E-state index is 12.0. The van der Waals surface area contributed by atoms with Gasteiger partial charge in [0.1, 0.15) is 11.6 Å². The fraction of sp³-hybridized carbons (Fsp3) is 0.214. The summed E-state index contributed by atoms with van der Waals surface area (Å²) < 4.78 is 9.64. The minimum atomic E-state index is -0.383. The first-order valence-electron chi connectivity index (χ1n) is 5.98.